The number of hydrogen-bond acceptors (Lipinski definition) is 3. The molecule has 0 saturated carbocycles. The zero-order valence-corrected chi connectivity index (χ0v) is 11.0. The van der Waals surface area contributed by atoms with Gasteiger partial charge in [0.15, 0.2) is 0 Å². The second-order valence-corrected chi connectivity index (χ2v) is 4.53. The molecule has 0 amide bonds. The highest BCUT2D eigenvalue weighted by Crippen LogP contribution is 2.18. The van der Waals surface area contributed by atoms with Crippen LogP contribution in [0.1, 0.15) is 36.4 Å². The van der Waals surface area contributed by atoms with Crippen molar-refractivity contribution in [3.05, 3.63) is 35.1 Å². The van der Waals surface area contributed by atoms with Gasteiger partial charge in [-0.2, -0.15) is 0 Å². The molecule has 18 heavy (non-hydrogen) atoms. The molecule has 4 N–H and O–H groups in total. The molecule has 1 unspecified atom stereocenters. The number of rotatable bonds is 8. The molecule has 0 spiro atoms. The summed E-state index contributed by atoms with van der Waals surface area (Å²) in [5.41, 5.74) is 7.72. The van der Waals surface area contributed by atoms with Crippen molar-refractivity contribution in [2.24, 2.45) is 5.73 Å². The van der Waals surface area contributed by atoms with Crippen molar-refractivity contribution < 1.29 is 9.50 Å². The molecule has 4 heteroatoms. The van der Waals surface area contributed by atoms with Gasteiger partial charge in [-0.05, 0) is 56.0 Å². The van der Waals surface area contributed by atoms with Crippen LogP contribution in [0.15, 0.2) is 18.2 Å². The fourth-order valence-electron chi connectivity index (χ4n) is 2.00. The minimum Gasteiger partial charge on any atom is -0.396 e. The first-order valence-corrected chi connectivity index (χ1v) is 6.49. The molecular weight excluding hydrogens is 231 g/mol. The standard InChI is InChI=1S/C14H23FN2O/c1-11-5-6-12(15)9-13(11)14(10-16)17-7-3-2-4-8-18/h5-6,9,14,17-18H,2-4,7-8,10,16H2,1H3. The van der Waals surface area contributed by atoms with Gasteiger partial charge in [-0.15, -0.1) is 0 Å². The van der Waals surface area contributed by atoms with E-state index in [4.69, 9.17) is 10.8 Å². The Morgan fingerprint density at radius 1 is 1.33 bits per heavy atom. The molecule has 0 radical (unpaired) electrons. The molecule has 1 rings (SSSR count). The van der Waals surface area contributed by atoms with E-state index in [-0.39, 0.29) is 18.5 Å². The van der Waals surface area contributed by atoms with Crippen LogP contribution >= 0.6 is 0 Å². The van der Waals surface area contributed by atoms with Gasteiger partial charge in [0.25, 0.3) is 0 Å². The van der Waals surface area contributed by atoms with Crippen LogP contribution in [-0.4, -0.2) is 24.8 Å². The van der Waals surface area contributed by atoms with Crippen LogP contribution in [-0.2, 0) is 0 Å². The highest BCUT2D eigenvalue weighted by molar-refractivity contribution is 5.29. The summed E-state index contributed by atoms with van der Waals surface area (Å²) in [6.45, 7) is 3.48. The van der Waals surface area contributed by atoms with E-state index in [1.54, 1.807) is 12.1 Å². The first kappa shape index (κ1) is 15.1. The molecule has 0 aromatic heterocycles. The van der Waals surface area contributed by atoms with Gasteiger partial charge in [0.05, 0.1) is 0 Å². The normalized spacial score (nSPS) is 12.7. The Morgan fingerprint density at radius 3 is 2.78 bits per heavy atom. The van der Waals surface area contributed by atoms with E-state index < -0.39 is 0 Å². The summed E-state index contributed by atoms with van der Waals surface area (Å²) in [7, 11) is 0. The minimum absolute atomic E-state index is 0.00479. The van der Waals surface area contributed by atoms with E-state index in [1.165, 1.54) is 6.07 Å². The van der Waals surface area contributed by atoms with E-state index >= 15 is 0 Å². The number of benzene rings is 1. The lowest BCUT2D eigenvalue weighted by atomic mass is 10.0. The monoisotopic (exact) mass is 254 g/mol. The maximum atomic E-state index is 13.2. The molecule has 0 fully saturated rings. The lowest BCUT2D eigenvalue weighted by Crippen LogP contribution is -2.29. The van der Waals surface area contributed by atoms with E-state index in [2.05, 4.69) is 5.32 Å². The average Bonchev–Trinajstić information content (AvgIpc) is 2.37. The van der Waals surface area contributed by atoms with Crippen molar-refractivity contribution in [3.8, 4) is 0 Å². The molecule has 0 bridgehead atoms. The molecule has 0 aliphatic carbocycles. The maximum absolute atomic E-state index is 13.2. The predicted molar refractivity (Wildman–Crippen MR) is 71.9 cm³/mol. The molecule has 1 atom stereocenters. The van der Waals surface area contributed by atoms with Gasteiger partial charge in [0, 0.05) is 19.2 Å². The van der Waals surface area contributed by atoms with Crippen molar-refractivity contribution in [2.45, 2.75) is 32.2 Å². The van der Waals surface area contributed by atoms with Crippen molar-refractivity contribution in [3.63, 3.8) is 0 Å². The summed E-state index contributed by atoms with van der Waals surface area (Å²) < 4.78 is 13.2. The largest absolute Gasteiger partial charge is 0.396 e. The van der Waals surface area contributed by atoms with Crippen LogP contribution in [0.4, 0.5) is 4.39 Å². The van der Waals surface area contributed by atoms with Gasteiger partial charge < -0.3 is 16.2 Å². The van der Waals surface area contributed by atoms with Gasteiger partial charge in [-0.1, -0.05) is 6.07 Å². The average molecular weight is 254 g/mol. The Labute approximate surface area is 108 Å². The van der Waals surface area contributed by atoms with Crippen molar-refractivity contribution >= 4 is 0 Å². The second-order valence-electron chi connectivity index (χ2n) is 4.53. The summed E-state index contributed by atoms with van der Waals surface area (Å²) in [4.78, 5) is 0. The minimum atomic E-state index is -0.226. The zero-order chi connectivity index (χ0) is 13.4. The molecule has 1 aromatic rings. The highest BCUT2D eigenvalue weighted by Gasteiger charge is 2.12. The van der Waals surface area contributed by atoms with Gasteiger partial charge in [-0.25, -0.2) is 4.39 Å². The van der Waals surface area contributed by atoms with E-state index in [0.717, 1.165) is 36.9 Å². The van der Waals surface area contributed by atoms with Gasteiger partial charge >= 0.3 is 0 Å². The molecule has 0 aliphatic rings. The zero-order valence-electron chi connectivity index (χ0n) is 11.0. The third kappa shape index (κ3) is 4.72. The molecule has 0 heterocycles. The van der Waals surface area contributed by atoms with Crippen LogP contribution in [0.25, 0.3) is 0 Å². The molecular formula is C14H23FN2O. The molecule has 0 saturated heterocycles. The Kier molecular flexibility index (Phi) is 6.86. The van der Waals surface area contributed by atoms with Crippen LogP contribution in [0.5, 0.6) is 0 Å². The number of hydrogen-bond donors (Lipinski definition) is 3. The maximum Gasteiger partial charge on any atom is 0.123 e. The third-order valence-corrected chi connectivity index (χ3v) is 3.08. The number of halogens is 1. The SMILES string of the molecule is Cc1ccc(F)cc1C(CN)NCCCCCO. The second kappa shape index (κ2) is 8.19. The van der Waals surface area contributed by atoms with Crippen LogP contribution < -0.4 is 11.1 Å². The van der Waals surface area contributed by atoms with Crippen LogP contribution in [0, 0.1) is 12.7 Å². The van der Waals surface area contributed by atoms with Crippen molar-refractivity contribution in [1.29, 1.82) is 0 Å². The fourth-order valence-corrected chi connectivity index (χ4v) is 2.00. The summed E-state index contributed by atoms with van der Waals surface area (Å²) >= 11 is 0. The van der Waals surface area contributed by atoms with Crippen LogP contribution in [0.2, 0.25) is 0 Å². The topological polar surface area (TPSA) is 58.3 Å². The number of nitrogens with one attached hydrogen (secondary N) is 1. The Balaban J connectivity index is 2.52. The number of aryl methyl sites for hydroxylation is 1. The fraction of sp³-hybridized carbons (Fsp3) is 0.571. The Hall–Kier alpha value is -0.970. The number of aliphatic hydroxyl groups is 1. The quantitative estimate of drug-likeness (QED) is 0.621. The molecule has 3 nitrogen and oxygen atoms in total. The predicted octanol–water partition coefficient (Wildman–Crippen LogP) is 1.89. The summed E-state index contributed by atoms with van der Waals surface area (Å²) in [5.74, 6) is -0.226. The van der Waals surface area contributed by atoms with Crippen LogP contribution in [0.3, 0.4) is 0 Å². The molecule has 0 aliphatic heterocycles. The summed E-state index contributed by atoms with van der Waals surface area (Å²) in [6.07, 6.45) is 2.81. The van der Waals surface area contributed by atoms with Gasteiger partial charge in [0.1, 0.15) is 5.82 Å². The van der Waals surface area contributed by atoms with E-state index in [1.807, 2.05) is 6.92 Å². The van der Waals surface area contributed by atoms with Gasteiger partial charge in [-0.3, -0.25) is 0 Å². The third-order valence-electron chi connectivity index (χ3n) is 3.08. The number of aliphatic hydroxyl groups excluding tert-OH is 1. The van der Waals surface area contributed by atoms with E-state index in [0.29, 0.717) is 6.54 Å². The Morgan fingerprint density at radius 2 is 2.11 bits per heavy atom. The van der Waals surface area contributed by atoms with Gasteiger partial charge in [0.2, 0.25) is 0 Å². The first-order chi connectivity index (χ1) is 8.69. The number of nitrogens with two attached hydrogens (primary N) is 1. The summed E-state index contributed by atoms with van der Waals surface area (Å²) in [5, 5.41) is 12.0. The lowest BCUT2D eigenvalue weighted by Gasteiger charge is -2.19. The lowest BCUT2D eigenvalue weighted by molar-refractivity contribution is 0.282. The van der Waals surface area contributed by atoms with Crippen molar-refractivity contribution in [1.82, 2.24) is 5.32 Å². The molecule has 1 aromatic carbocycles. The molecule has 102 valence electrons. The highest BCUT2D eigenvalue weighted by atomic mass is 19.1. The first-order valence-electron chi connectivity index (χ1n) is 6.49. The summed E-state index contributed by atoms with van der Waals surface area (Å²) in [6, 6.07) is 4.79. The number of unbranched alkanes of at least 4 members (excludes halogenated alkanes) is 2. The van der Waals surface area contributed by atoms with Crippen molar-refractivity contribution in [2.75, 3.05) is 19.7 Å². The van der Waals surface area contributed by atoms with E-state index in [9.17, 15) is 4.39 Å². The smallest absolute Gasteiger partial charge is 0.123 e. The Bertz CT molecular complexity index is 358.